The predicted octanol–water partition coefficient (Wildman–Crippen LogP) is 3.22. The van der Waals surface area contributed by atoms with E-state index in [4.69, 9.17) is 5.11 Å². The molecule has 0 saturated heterocycles. The molecule has 1 heteroatoms. The van der Waals surface area contributed by atoms with Gasteiger partial charge in [-0.25, -0.2) is 0 Å². The highest BCUT2D eigenvalue weighted by atomic mass is 16.3. The van der Waals surface area contributed by atoms with Gasteiger partial charge in [-0.15, -0.1) is 0 Å². The van der Waals surface area contributed by atoms with Gasteiger partial charge in [0.25, 0.3) is 0 Å². The lowest BCUT2D eigenvalue weighted by atomic mass is 9.89. The second-order valence-corrected chi connectivity index (χ2v) is 4.66. The highest BCUT2D eigenvalue weighted by Crippen LogP contribution is 2.22. The van der Waals surface area contributed by atoms with Crippen molar-refractivity contribution >= 4 is 0 Å². The van der Waals surface area contributed by atoms with E-state index in [1.165, 1.54) is 12.8 Å². The van der Waals surface area contributed by atoms with Crippen molar-refractivity contribution in [1.29, 1.82) is 0 Å². The predicted molar refractivity (Wildman–Crippen MR) is 54.2 cm³/mol. The van der Waals surface area contributed by atoms with Crippen molar-refractivity contribution in [1.82, 2.24) is 0 Å². The van der Waals surface area contributed by atoms with Gasteiger partial charge in [0.2, 0.25) is 0 Å². The Morgan fingerprint density at radius 2 is 1.67 bits per heavy atom. The van der Waals surface area contributed by atoms with Gasteiger partial charge in [-0.05, 0) is 24.7 Å². The molecule has 2 atom stereocenters. The fraction of sp³-hybridized carbons (Fsp3) is 1.00. The number of hydrogen-bond donors (Lipinski definition) is 1. The minimum Gasteiger partial charge on any atom is -0.393 e. The van der Waals surface area contributed by atoms with Gasteiger partial charge in [0.05, 0.1) is 6.10 Å². The number of aliphatic hydroxyl groups is 1. The van der Waals surface area contributed by atoms with E-state index >= 15 is 0 Å². The van der Waals surface area contributed by atoms with Gasteiger partial charge in [0.1, 0.15) is 0 Å². The van der Waals surface area contributed by atoms with Crippen molar-refractivity contribution in [2.75, 3.05) is 0 Å². The van der Waals surface area contributed by atoms with Crippen molar-refractivity contribution < 1.29 is 5.11 Å². The summed E-state index contributed by atoms with van der Waals surface area (Å²) in [6.45, 7) is 8.71. The summed E-state index contributed by atoms with van der Waals surface area (Å²) in [6, 6.07) is 0. The van der Waals surface area contributed by atoms with Gasteiger partial charge in [-0.3, -0.25) is 0 Å². The van der Waals surface area contributed by atoms with E-state index in [1.807, 2.05) is 0 Å². The standard InChI is InChI=1S/C7H14O.C4H10/c1-6-3-2-4-7(8)5-6;1-4(2)3/h6-8H,2-5H2,1H3;4H,1-3H3. The first-order valence-electron chi connectivity index (χ1n) is 5.20. The Morgan fingerprint density at radius 3 is 1.92 bits per heavy atom. The zero-order chi connectivity index (χ0) is 9.56. The van der Waals surface area contributed by atoms with Crippen LogP contribution in [0.25, 0.3) is 0 Å². The Morgan fingerprint density at radius 1 is 1.17 bits per heavy atom. The summed E-state index contributed by atoms with van der Waals surface area (Å²) in [5, 5.41) is 9.08. The van der Waals surface area contributed by atoms with Gasteiger partial charge in [0, 0.05) is 0 Å². The number of hydrogen-bond acceptors (Lipinski definition) is 1. The Labute approximate surface area is 77.2 Å². The Kier molecular flexibility index (Phi) is 6.45. The third-order valence-corrected chi connectivity index (χ3v) is 1.91. The van der Waals surface area contributed by atoms with Crippen LogP contribution < -0.4 is 0 Å². The summed E-state index contributed by atoms with van der Waals surface area (Å²) < 4.78 is 0. The second-order valence-electron chi connectivity index (χ2n) is 4.66. The van der Waals surface area contributed by atoms with Crippen LogP contribution >= 0.6 is 0 Å². The first-order valence-corrected chi connectivity index (χ1v) is 5.20. The van der Waals surface area contributed by atoms with Crippen LogP contribution in [0.2, 0.25) is 0 Å². The maximum Gasteiger partial charge on any atom is 0.0542 e. The molecule has 0 aromatic carbocycles. The van der Waals surface area contributed by atoms with Gasteiger partial charge in [-0.1, -0.05) is 40.5 Å². The van der Waals surface area contributed by atoms with Crippen LogP contribution in [-0.4, -0.2) is 11.2 Å². The average Bonchev–Trinajstić information content (AvgIpc) is 1.84. The van der Waals surface area contributed by atoms with Crippen LogP contribution in [0.4, 0.5) is 0 Å². The van der Waals surface area contributed by atoms with E-state index in [2.05, 4.69) is 27.7 Å². The minimum absolute atomic E-state index is 0.0127. The highest BCUT2D eigenvalue weighted by molar-refractivity contribution is 4.67. The van der Waals surface area contributed by atoms with Crippen LogP contribution in [0.15, 0.2) is 0 Å². The van der Waals surface area contributed by atoms with Crippen LogP contribution in [0.5, 0.6) is 0 Å². The molecule has 2 unspecified atom stereocenters. The summed E-state index contributed by atoms with van der Waals surface area (Å²) in [5.41, 5.74) is 0. The third-order valence-electron chi connectivity index (χ3n) is 1.91. The molecule has 1 aliphatic rings. The monoisotopic (exact) mass is 172 g/mol. The van der Waals surface area contributed by atoms with Gasteiger partial charge in [-0.2, -0.15) is 0 Å². The van der Waals surface area contributed by atoms with Gasteiger partial charge in [0.15, 0.2) is 0 Å². The summed E-state index contributed by atoms with van der Waals surface area (Å²) in [6.07, 6.45) is 4.61. The molecule has 12 heavy (non-hydrogen) atoms. The molecule has 0 heterocycles. The molecule has 0 aromatic rings. The molecule has 1 rings (SSSR count). The fourth-order valence-electron chi connectivity index (χ4n) is 1.40. The van der Waals surface area contributed by atoms with Crippen molar-refractivity contribution in [3.05, 3.63) is 0 Å². The molecule has 0 radical (unpaired) electrons. The topological polar surface area (TPSA) is 20.2 Å². The molecule has 0 spiro atoms. The summed E-state index contributed by atoms with van der Waals surface area (Å²) in [5.74, 6) is 1.60. The molecular weight excluding hydrogens is 148 g/mol. The zero-order valence-corrected chi connectivity index (χ0v) is 9.01. The molecule has 0 aliphatic heterocycles. The van der Waals surface area contributed by atoms with Crippen molar-refractivity contribution in [2.24, 2.45) is 11.8 Å². The first kappa shape index (κ1) is 12.0. The largest absolute Gasteiger partial charge is 0.393 e. The normalized spacial score (nSPS) is 29.5. The van der Waals surface area contributed by atoms with E-state index in [1.54, 1.807) is 0 Å². The molecule has 1 fully saturated rings. The summed E-state index contributed by atoms with van der Waals surface area (Å²) >= 11 is 0. The van der Waals surface area contributed by atoms with E-state index in [0.717, 1.165) is 24.7 Å². The molecule has 0 aromatic heterocycles. The van der Waals surface area contributed by atoms with Crippen molar-refractivity contribution in [2.45, 2.75) is 59.5 Å². The molecule has 1 N–H and O–H groups in total. The van der Waals surface area contributed by atoms with Crippen LogP contribution in [0.1, 0.15) is 53.4 Å². The minimum atomic E-state index is 0.0127. The first-order chi connectivity index (χ1) is 5.52. The summed E-state index contributed by atoms with van der Waals surface area (Å²) in [7, 11) is 0. The lowest BCUT2D eigenvalue weighted by Crippen LogP contribution is -2.16. The second kappa shape index (κ2) is 6.47. The van der Waals surface area contributed by atoms with Gasteiger partial charge < -0.3 is 5.11 Å². The van der Waals surface area contributed by atoms with E-state index < -0.39 is 0 Å². The Hall–Kier alpha value is -0.0400. The molecular formula is C11H24O. The Balaban J connectivity index is 0.000000261. The van der Waals surface area contributed by atoms with E-state index in [9.17, 15) is 0 Å². The molecule has 0 amide bonds. The van der Waals surface area contributed by atoms with E-state index in [0.29, 0.717) is 0 Å². The van der Waals surface area contributed by atoms with Crippen molar-refractivity contribution in [3.63, 3.8) is 0 Å². The fourth-order valence-corrected chi connectivity index (χ4v) is 1.40. The number of rotatable bonds is 0. The molecule has 0 bridgehead atoms. The molecule has 74 valence electrons. The van der Waals surface area contributed by atoms with Gasteiger partial charge >= 0.3 is 0 Å². The lowest BCUT2D eigenvalue weighted by molar-refractivity contribution is 0.106. The molecule has 1 nitrogen and oxygen atoms in total. The SMILES string of the molecule is CC(C)C.CC1CCCC(O)C1. The maximum atomic E-state index is 9.08. The average molecular weight is 172 g/mol. The summed E-state index contributed by atoms with van der Waals surface area (Å²) in [4.78, 5) is 0. The molecule has 1 saturated carbocycles. The molecule has 1 aliphatic carbocycles. The highest BCUT2D eigenvalue weighted by Gasteiger charge is 2.15. The zero-order valence-electron chi connectivity index (χ0n) is 9.01. The maximum absolute atomic E-state index is 9.08. The smallest absolute Gasteiger partial charge is 0.0542 e. The quantitative estimate of drug-likeness (QED) is 0.595. The third kappa shape index (κ3) is 8.06. The van der Waals surface area contributed by atoms with Crippen LogP contribution in [0.3, 0.4) is 0 Å². The lowest BCUT2D eigenvalue weighted by Gasteiger charge is -2.21. The number of aliphatic hydroxyl groups excluding tert-OH is 1. The van der Waals surface area contributed by atoms with Crippen molar-refractivity contribution in [3.8, 4) is 0 Å². The van der Waals surface area contributed by atoms with E-state index in [-0.39, 0.29) is 6.10 Å². The van der Waals surface area contributed by atoms with Crippen LogP contribution in [0, 0.1) is 11.8 Å². The Bertz CT molecular complexity index is 88.4. The van der Waals surface area contributed by atoms with Crippen LogP contribution in [-0.2, 0) is 0 Å².